The van der Waals surface area contributed by atoms with Gasteiger partial charge in [-0.15, -0.1) is 0 Å². The summed E-state index contributed by atoms with van der Waals surface area (Å²) in [5, 5.41) is 3.12. The summed E-state index contributed by atoms with van der Waals surface area (Å²) >= 11 is 0. The number of nitrogens with one attached hydrogen (secondary N) is 1. The molecule has 2 rings (SSSR count). The summed E-state index contributed by atoms with van der Waals surface area (Å²) in [5.74, 6) is 0. The van der Waals surface area contributed by atoms with Crippen LogP contribution in [0.4, 0.5) is 4.79 Å². The average molecular weight is 504 g/mol. The van der Waals surface area contributed by atoms with Crippen LogP contribution in [0.15, 0.2) is 76.0 Å². The average Bonchev–Trinajstić information content (AvgIpc) is 2.82. The Morgan fingerprint density at radius 3 is 2.27 bits per heavy atom. The van der Waals surface area contributed by atoms with E-state index in [0.717, 1.165) is 47.1 Å². The summed E-state index contributed by atoms with van der Waals surface area (Å²) in [5.41, 5.74) is 11.1. The van der Waals surface area contributed by atoms with Crippen molar-refractivity contribution >= 4 is 12.3 Å². The molecule has 200 valence electrons. The first-order chi connectivity index (χ1) is 17.5. The lowest BCUT2D eigenvalue weighted by Crippen LogP contribution is -2.52. The molecule has 3 N–H and O–H groups in total. The number of rotatable bonds is 8. The minimum atomic E-state index is -0.529. The predicted octanol–water partition coefficient (Wildman–Crippen LogP) is 7.50. The molecule has 0 bridgehead atoms. The van der Waals surface area contributed by atoms with Crippen LogP contribution in [0.5, 0.6) is 0 Å². The number of ether oxygens (including phenoxy) is 1. The molecule has 0 atom stereocenters. The smallest absolute Gasteiger partial charge is 0.408 e. The minimum Gasteiger partial charge on any atom is -0.444 e. The number of terminal acetylenes is 1. The predicted molar refractivity (Wildman–Crippen MR) is 157 cm³/mol. The third kappa shape index (κ3) is 9.80. The summed E-state index contributed by atoms with van der Waals surface area (Å²) in [6, 6.07) is 10.7. The van der Waals surface area contributed by atoms with E-state index < -0.39 is 5.60 Å². The summed E-state index contributed by atoms with van der Waals surface area (Å²) in [6.45, 7) is 15.5. The molecule has 0 spiro atoms. The second-order valence-electron chi connectivity index (χ2n) is 9.88. The number of hydrogen-bond donors (Lipinski definition) is 2. The Morgan fingerprint density at radius 2 is 1.84 bits per heavy atom. The largest absolute Gasteiger partial charge is 0.444 e. The summed E-state index contributed by atoms with van der Waals surface area (Å²) in [4.78, 5) is 16.4. The van der Waals surface area contributed by atoms with E-state index in [4.69, 9.17) is 16.9 Å². The lowest BCUT2D eigenvalue weighted by Gasteiger charge is -2.43. The Kier molecular flexibility index (Phi) is 12.7. The number of alkyl carbamates (subject to hydrolysis) is 1. The summed E-state index contributed by atoms with van der Waals surface area (Å²) in [6.07, 6.45) is 18.3. The molecular weight excluding hydrogens is 458 g/mol. The summed E-state index contributed by atoms with van der Waals surface area (Å²) < 4.78 is 5.51. The standard InChI is InChI=1S/C30H39N3O2.C2H6/c1-8-12-24(9-2)25(20-26(22(4)31)21-32-10-3)19-23-13-15-27(16-14-23)30(17-11-18-30)33-28(34)35-29(5,6)7;1-2/h3,8-9,12-16,20-21H,11,17-19,31H2,1-2,4-7H3,(H,33,34);1-2H3/b12-8-,24-9+,25-20+,26-22+,32-21?;. The van der Waals surface area contributed by atoms with Crippen molar-refractivity contribution < 1.29 is 9.53 Å². The zero-order valence-electron chi connectivity index (χ0n) is 23.9. The Bertz CT molecular complexity index is 1080. The molecular formula is C32H45N3O2. The van der Waals surface area contributed by atoms with Crippen LogP contribution in [-0.4, -0.2) is 17.9 Å². The number of hydrogen-bond acceptors (Lipinski definition) is 4. The maximum Gasteiger partial charge on any atom is 0.408 e. The van der Waals surface area contributed by atoms with Gasteiger partial charge in [0, 0.05) is 23.5 Å². The Labute approximate surface area is 224 Å². The van der Waals surface area contributed by atoms with E-state index in [1.54, 1.807) is 6.21 Å². The first-order valence-electron chi connectivity index (χ1n) is 13.1. The van der Waals surface area contributed by atoms with Gasteiger partial charge in [0.05, 0.1) is 5.54 Å². The lowest BCUT2D eigenvalue weighted by atomic mass is 9.71. The Hall–Kier alpha value is -3.52. The van der Waals surface area contributed by atoms with E-state index in [-0.39, 0.29) is 11.6 Å². The van der Waals surface area contributed by atoms with E-state index in [1.165, 1.54) is 0 Å². The number of carbonyl (C=O) groups excluding carboxylic acids is 1. The van der Waals surface area contributed by atoms with Crippen LogP contribution in [0, 0.1) is 12.5 Å². The van der Waals surface area contributed by atoms with E-state index in [1.807, 2.05) is 67.5 Å². The molecule has 0 aromatic heterocycles. The number of nitrogens with zero attached hydrogens (tertiary/aromatic N) is 1. The van der Waals surface area contributed by atoms with Gasteiger partial charge in [0.25, 0.3) is 0 Å². The van der Waals surface area contributed by atoms with Crippen molar-refractivity contribution in [1.29, 1.82) is 0 Å². The fraction of sp³-hybridized carbons (Fsp3) is 0.438. The highest BCUT2D eigenvalue weighted by Gasteiger charge is 2.41. The first-order valence-corrected chi connectivity index (χ1v) is 13.1. The molecule has 0 saturated heterocycles. The molecule has 5 heteroatoms. The summed E-state index contributed by atoms with van der Waals surface area (Å²) in [7, 11) is 0. The highest BCUT2D eigenvalue weighted by molar-refractivity contribution is 5.84. The highest BCUT2D eigenvalue weighted by Crippen LogP contribution is 2.41. The Morgan fingerprint density at radius 1 is 1.22 bits per heavy atom. The Balaban J connectivity index is 0.00000334. The van der Waals surface area contributed by atoms with E-state index in [9.17, 15) is 4.79 Å². The molecule has 37 heavy (non-hydrogen) atoms. The third-order valence-electron chi connectivity index (χ3n) is 5.94. The number of carbonyl (C=O) groups is 1. The maximum absolute atomic E-state index is 12.5. The van der Waals surface area contributed by atoms with Crippen LogP contribution >= 0.6 is 0 Å². The van der Waals surface area contributed by atoms with Gasteiger partial charge in [0.1, 0.15) is 5.60 Å². The van der Waals surface area contributed by atoms with Crippen LogP contribution in [0.25, 0.3) is 0 Å². The molecule has 0 unspecified atom stereocenters. The van der Waals surface area contributed by atoms with Gasteiger partial charge in [-0.05, 0) is 95.6 Å². The van der Waals surface area contributed by atoms with Crippen LogP contribution in [-0.2, 0) is 16.7 Å². The monoisotopic (exact) mass is 503 g/mol. The molecule has 1 amide bonds. The van der Waals surface area contributed by atoms with Crippen molar-refractivity contribution in [2.24, 2.45) is 10.7 Å². The highest BCUT2D eigenvalue weighted by atomic mass is 16.6. The van der Waals surface area contributed by atoms with Crippen molar-refractivity contribution in [3.63, 3.8) is 0 Å². The van der Waals surface area contributed by atoms with Gasteiger partial charge in [-0.3, -0.25) is 0 Å². The van der Waals surface area contributed by atoms with Crippen molar-refractivity contribution in [3.8, 4) is 12.5 Å². The SMILES string of the molecule is C#CN=CC(/C=C(Cc1ccc(C2(NC(=O)OC(C)(C)C)CCC2)cc1)/C(/C=C\C)=C/C)=C(\C)N.CC. The number of allylic oxidation sites excluding steroid dienone is 8. The van der Waals surface area contributed by atoms with E-state index >= 15 is 0 Å². The van der Waals surface area contributed by atoms with Gasteiger partial charge in [0.15, 0.2) is 0 Å². The maximum atomic E-state index is 12.5. The topological polar surface area (TPSA) is 76.7 Å². The molecule has 1 aromatic rings. The van der Waals surface area contributed by atoms with Gasteiger partial charge < -0.3 is 15.8 Å². The minimum absolute atomic E-state index is 0.364. The molecule has 0 radical (unpaired) electrons. The van der Waals surface area contributed by atoms with Crippen molar-refractivity contribution in [2.45, 2.75) is 92.2 Å². The van der Waals surface area contributed by atoms with E-state index in [0.29, 0.717) is 12.1 Å². The molecule has 1 saturated carbocycles. The fourth-order valence-corrected chi connectivity index (χ4v) is 4.03. The number of amides is 1. The number of nitrogens with two attached hydrogens (primary N) is 1. The van der Waals surface area contributed by atoms with Gasteiger partial charge in [-0.1, -0.05) is 62.8 Å². The van der Waals surface area contributed by atoms with Gasteiger partial charge in [0.2, 0.25) is 0 Å². The second-order valence-corrected chi connectivity index (χ2v) is 9.88. The molecule has 0 heterocycles. The molecule has 5 nitrogen and oxygen atoms in total. The van der Waals surface area contributed by atoms with Crippen LogP contribution in [0.3, 0.4) is 0 Å². The van der Waals surface area contributed by atoms with Gasteiger partial charge in [-0.2, -0.15) is 0 Å². The third-order valence-corrected chi connectivity index (χ3v) is 5.94. The van der Waals surface area contributed by atoms with Crippen LogP contribution < -0.4 is 11.1 Å². The van der Waals surface area contributed by atoms with Crippen molar-refractivity contribution in [2.75, 3.05) is 0 Å². The first kappa shape index (κ1) is 31.5. The second kappa shape index (κ2) is 14.9. The van der Waals surface area contributed by atoms with Gasteiger partial charge >= 0.3 is 6.09 Å². The fourth-order valence-electron chi connectivity index (χ4n) is 4.03. The normalized spacial score (nSPS) is 16.3. The quantitative estimate of drug-likeness (QED) is 0.219. The molecule has 1 aliphatic rings. The molecule has 0 aliphatic heterocycles. The van der Waals surface area contributed by atoms with Gasteiger partial charge in [-0.25, -0.2) is 9.79 Å². The zero-order valence-corrected chi connectivity index (χ0v) is 23.9. The van der Waals surface area contributed by atoms with Crippen LogP contribution in [0.1, 0.15) is 85.8 Å². The lowest BCUT2D eigenvalue weighted by molar-refractivity contribution is 0.0377. The zero-order chi connectivity index (χ0) is 28.1. The number of aliphatic imine (C=N–C) groups is 1. The van der Waals surface area contributed by atoms with Crippen molar-refractivity contribution in [3.05, 3.63) is 82.1 Å². The molecule has 1 fully saturated rings. The molecule has 1 aromatic carbocycles. The molecule has 1 aliphatic carbocycles. The van der Waals surface area contributed by atoms with Crippen molar-refractivity contribution in [1.82, 2.24) is 5.32 Å². The number of benzene rings is 1. The van der Waals surface area contributed by atoms with E-state index in [2.05, 4.69) is 52.8 Å². The van der Waals surface area contributed by atoms with Crippen LogP contribution in [0.2, 0.25) is 0 Å².